The van der Waals surface area contributed by atoms with Crippen molar-refractivity contribution in [2.45, 2.75) is 12.0 Å². The van der Waals surface area contributed by atoms with Crippen LogP contribution in [0.1, 0.15) is 6.42 Å². The number of nitrogens with zero attached hydrogens (tertiary/aromatic N) is 1. The number of hydrogen-bond acceptors (Lipinski definition) is 3. The molecule has 1 unspecified atom stereocenters. The van der Waals surface area contributed by atoms with Gasteiger partial charge >= 0.3 is 0 Å². The van der Waals surface area contributed by atoms with E-state index in [4.69, 9.17) is 0 Å². The van der Waals surface area contributed by atoms with Crippen LogP contribution in [0.5, 0.6) is 0 Å². The molecule has 0 aromatic heterocycles. The Morgan fingerprint density at radius 2 is 2.18 bits per heavy atom. The first-order chi connectivity index (χ1) is 4.62. The zero-order valence-electron chi connectivity index (χ0n) is 7.13. The Hall–Kier alpha value is 0.170. The van der Waals surface area contributed by atoms with Crippen LogP contribution in [0.4, 0.5) is 0 Å². The molecule has 0 bridgehead atoms. The fourth-order valence-corrected chi connectivity index (χ4v) is 1.45. The van der Waals surface area contributed by atoms with Gasteiger partial charge in [-0.25, -0.2) is 0 Å². The van der Waals surface area contributed by atoms with Crippen molar-refractivity contribution < 1.29 is 5.11 Å². The van der Waals surface area contributed by atoms with Crippen molar-refractivity contribution in [3.05, 3.63) is 0 Å². The van der Waals surface area contributed by atoms with Gasteiger partial charge in [-0.3, -0.25) is 0 Å². The average Bonchev–Trinajstić information content (AvgIpc) is 2.12. The minimum Gasteiger partial charge on any atom is -0.387 e. The Morgan fingerprint density at radius 1 is 1.55 bits per heavy atom. The van der Waals surface area contributed by atoms with Crippen LogP contribution in [-0.4, -0.2) is 49.3 Å². The molecule has 3 nitrogen and oxygen atoms in total. The summed E-state index contributed by atoms with van der Waals surface area (Å²) in [6.07, 6.45) is 0.880. The number of halogens is 1. The van der Waals surface area contributed by atoms with Gasteiger partial charge in [-0.05, 0) is 27.1 Å². The summed E-state index contributed by atoms with van der Waals surface area (Å²) in [7, 11) is 3.96. The van der Waals surface area contributed by atoms with Crippen molar-refractivity contribution in [1.29, 1.82) is 0 Å². The fraction of sp³-hybridized carbons (Fsp3) is 1.00. The maximum absolute atomic E-state index is 9.76. The minimum atomic E-state index is -0.469. The Balaban J connectivity index is 0.000001000. The second kappa shape index (κ2) is 4.26. The average molecular weight is 181 g/mol. The van der Waals surface area contributed by atoms with Crippen molar-refractivity contribution in [3.63, 3.8) is 0 Å². The Labute approximate surface area is 74.2 Å². The third-order valence-electron chi connectivity index (χ3n) is 1.83. The van der Waals surface area contributed by atoms with Crippen molar-refractivity contribution in [2.75, 3.05) is 33.7 Å². The maximum Gasteiger partial charge on any atom is 0.0909 e. The molecule has 0 aromatic carbocycles. The van der Waals surface area contributed by atoms with E-state index in [1.807, 2.05) is 19.0 Å². The molecule has 0 radical (unpaired) electrons. The zero-order chi connectivity index (χ0) is 7.61. The third kappa shape index (κ3) is 3.38. The Morgan fingerprint density at radius 3 is 2.55 bits per heavy atom. The summed E-state index contributed by atoms with van der Waals surface area (Å²) in [5.74, 6) is 0. The summed E-state index contributed by atoms with van der Waals surface area (Å²) in [4.78, 5) is 2.02. The highest BCUT2D eigenvalue weighted by Gasteiger charge is 2.30. The predicted octanol–water partition coefficient (Wildman–Crippen LogP) is -0.306. The monoisotopic (exact) mass is 180 g/mol. The van der Waals surface area contributed by atoms with Gasteiger partial charge in [0.15, 0.2) is 0 Å². The van der Waals surface area contributed by atoms with E-state index in [0.717, 1.165) is 26.1 Å². The van der Waals surface area contributed by atoms with Crippen LogP contribution in [-0.2, 0) is 0 Å². The van der Waals surface area contributed by atoms with Gasteiger partial charge in [0.25, 0.3) is 0 Å². The first-order valence-corrected chi connectivity index (χ1v) is 3.70. The van der Waals surface area contributed by atoms with E-state index < -0.39 is 5.60 Å². The van der Waals surface area contributed by atoms with E-state index in [1.54, 1.807) is 0 Å². The molecule has 2 N–H and O–H groups in total. The lowest BCUT2D eigenvalue weighted by atomic mass is 10.0. The summed E-state index contributed by atoms with van der Waals surface area (Å²) < 4.78 is 0. The molecule has 0 aromatic rings. The van der Waals surface area contributed by atoms with Crippen LogP contribution in [0.25, 0.3) is 0 Å². The van der Waals surface area contributed by atoms with Crippen molar-refractivity contribution >= 4 is 12.4 Å². The molecular formula is C7H17ClN2O. The second-order valence-electron chi connectivity index (χ2n) is 3.39. The highest BCUT2D eigenvalue weighted by atomic mass is 35.5. The normalized spacial score (nSPS) is 30.5. The summed E-state index contributed by atoms with van der Waals surface area (Å²) in [5.41, 5.74) is -0.469. The number of nitrogens with one attached hydrogen (secondary N) is 1. The third-order valence-corrected chi connectivity index (χ3v) is 1.83. The molecule has 1 heterocycles. The minimum absolute atomic E-state index is 0. The number of aliphatic hydroxyl groups is 1. The van der Waals surface area contributed by atoms with Crippen LogP contribution < -0.4 is 5.32 Å². The molecule has 1 aliphatic heterocycles. The number of β-amino-alcohol motifs (C(OH)–C–C–N with tert-alkyl or cyclic N) is 1. The number of rotatable bonds is 2. The molecule has 1 rings (SSSR count). The van der Waals surface area contributed by atoms with E-state index >= 15 is 0 Å². The van der Waals surface area contributed by atoms with Gasteiger partial charge in [0.05, 0.1) is 5.60 Å². The number of hydrogen-bond donors (Lipinski definition) is 2. The van der Waals surface area contributed by atoms with E-state index in [1.165, 1.54) is 0 Å². The molecule has 1 aliphatic rings. The molecule has 1 saturated heterocycles. The van der Waals surface area contributed by atoms with Gasteiger partial charge in [-0.2, -0.15) is 0 Å². The van der Waals surface area contributed by atoms with Gasteiger partial charge in [-0.1, -0.05) is 0 Å². The molecule has 1 atom stereocenters. The molecule has 4 heteroatoms. The molecule has 0 amide bonds. The van der Waals surface area contributed by atoms with Crippen LogP contribution in [0, 0.1) is 0 Å². The van der Waals surface area contributed by atoms with Crippen LogP contribution in [0.15, 0.2) is 0 Å². The van der Waals surface area contributed by atoms with Crippen LogP contribution >= 0.6 is 12.4 Å². The van der Waals surface area contributed by atoms with Gasteiger partial charge < -0.3 is 15.3 Å². The lowest BCUT2D eigenvalue weighted by Gasteiger charge is -2.24. The van der Waals surface area contributed by atoms with Crippen molar-refractivity contribution in [3.8, 4) is 0 Å². The standard InChI is InChI=1S/C7H16N2O.ClH/c1-9(2)6-7(10)3-4-8-5-7;/h8,10H,3-6H2,1-2H3;1H. The Kier molecular flexibility index (Phi) is 4.32. The summed E-state index contributed by atoms with van der Waals surface area (Å²) in [5, 5.41) is 12.9. The molecule has 0 saturated carbocycles. The molecule has 1 fully saturated rings. The quantitative estimate of drug-likeness (QED) is 0.613. The van der Waals surface area contributed by atoms with Gasteiger partial charge in [0, 0.05) is 13.1 Å². The fourth-order valence-electron chi connectivity index (χ4n) is 1.45. The first-order valence-electron chi connectivity index (χ1n) is 3.70. The summed E-state index contributed by atoms with van der Waals surface area (Å²) in [6.45, 7) is 2.45. The first kappa shape index (κ1) is 11.2. The van der Waals surface area contributed by atoms with E-state index in [2.05, 4.69) is 5.32 Å². The van der Waals surface area contributed by atoms with E-state index in [9.17, 15) is 5.11 Å². The summed E-state index contributed by atoms with van der Waals surface area (Å²) in [6, 6.07) is 0. The van der Waals surface area contributed by atoms with E-state index in [-0.39, 0.29) is 12.4 Å². The molecule has 11 heavy (non-hydrogen) atoms. The largest absolute Gasteiger partial charge is 0.387 e. The van der Waals surface area contributed by atoms with Crippen LogP contribution in [0.3, 0.4) is 0 Å². The Bertz CT molecular complexity index is 113. The summed E-state index contributed by atoms with van der Waals surface area (Å²) >= 11 is 0. The lowest BCUT2D eigenvalue weighted by Crippen LogP contribution is -2.41. The van der Waals surface area contributed by atoms with Crippen LogP contribution in [0.2, 0.25) is 0 Å². The maximum atomic E-state index is 9.76. The van der Waals surface area contributed by atoms with Gasteiger partial charge in [0.1, 0.15) is 0 Å². The zero-order valence-corrected chi connectivity index (χ0v) is 7.95. The smallest absolute Gasteiger partial charge is 0.0909 e. The SMILES string of the molecule is CN(C)CC1(O)CCNC1.Cl. The number of likely N-dealkylation sites (N-methyl/N-ethyl adjacent to an activating group) is 1. The van der Waals surface area contributed by atoms with E-state index in [0.29, 0.717) is 0 Å². The second-order valence-corrected chi connectivity index (χ2v) is 3.39. The van der Waals surface area contributed by atoms with Crippen molar-refractivity contribution in [2.24, 2.45) is 0 Å². The molecule has 0 aliphatic carbocycles. The lowest BCUT2D eigenvalue weighted by molar-refractivity contribution is 0.0349. The highest BCUT2D eigenvalue weighted by molar-refractivity contribution is 5.85. The molecule has 68 valence electrons. The van der Waals surface area contributed by atoms with Crippen molar-refractivity contribution in [1.82, 2.24) is 10.2 Å². The molecule has 0 spiro atoms. The molecular weight excluding hydrogens is 164 g/mol. The van der Waals surface area contributed by atoms with Gasteiger partial charge in [-0.15, -0.1) is 12.4 Å². The topological polar surface area (TPSA) is 35.5 Å². The highest BCUT2D eigenvalue weighted by Crippen LogP contribution is 2.14. The predicted molar refractivity (Wildman–Crippen MR) is 48.2 cm³/mol. The van der Waals surface area contributed by atoms with Gasteiger partial charge in [0.2, 0.25) is 0 Å².